The van der Waals surface area contributed by atoms with Gasteiger partial charge < -0.3 is 4.42 Å². The van der Waals surface area contributed by atoms with Crippen molar-refractivity contribution in [3.63, 3.8) is 0 Å². The number of rotatable bonds is 1. The smallest absolute Gasteiger partial charge is 0.343 e. The van der Waals surface area contributed by atoms with Gasteiger partial charge in [0.1, 0.15) is 23.3 Å². The van der Waals surface area contributed by atoms with E-state index >= 15 is 0 Å². The number of hydrogen-bond acceptors (Lipinski definition) is 4. The van der Waals surface area contributed by atoms with Gasteiger partial charge in [-0.25, -0.2) is 4.79 Å². The van der Waals surface area contributed by atoms with Gasteiger partial charge >= 0.3 is 5.63 Å². The van der Waals surface area contributed by atoms with Crippen molar-refractivity contribution < 1.29 is 4.42 Å². The number of nitriles is 2. The lowest BCUT2D eigenvalue weighted by atomic mass is 10.0. The van der Waals surface area contributed by atoms with E-state index in [4.69, 9.17) is 14.9 Å². The molecule has 0 N–H and O–H groups in total. The van der Waals surface area contributed by atoms with E-state index in [0.717, 1.165) is 11.1 Å². The first-order chi connectivity index (χ1) is 11.2. The van der Waals surface area contributed by atoms with Gasteiger partial charge in [0, 0.05) is 10.9 Å². The number of fused-ring (bicyclic) bond motifs is 2. The molecule has 0 amide bonds. The molecule has 1 heterocycles. The average molecular weight is 296 g/mol. The zero-order valence-electron chi connectivity index (χ0n) is 11.8. The van der Waals surface area contributed by atoms with Crippen LogP contribution in [0.4, 0.5) is 0 Å². The fraction of sp³-hybridized carbons (Fsp3) is 0. The van der Waals surface area contributed by atoms with E-state index in [1.165, 1.54) is 6.08 Å². The molecule has 3 rings (SSSR count). The molecule has 1 aromatic carbocycles. The van der Waals surface area contributed by atoms with E-state index < -0.39 is 5.63 Å². The Labute approximate surface area is 131 Å². The van der Waals surface area contributed by atoms with Gasteiger partial charge in [0.05, 0.1) is 5.56 Å². The quantitative estimate of drug-likeness (QED) is 0.460. The highest BCUT2D eigenvalue weighted by Crippen LogP contribution is 2.22. The first kappa shape index (κ1) is 14.1. The predicted molar refractivity (Wildman–Crippen MR) is 86.7 cm³/mol. The van der Waals surface area contributed by atoms with Crippen molar-refractivity contribution in [3.05, 3.63) is 69.1 Å². The summed E-state index contributed by atoms with van der Waals surface area (Å²) in [6.07, 6.45) is 8.59. The van der Waals surface area contributed by atoms with Crippen LogP contribution in [0.15, 0.2) is 51.2 Å². The molecule has 0 fully saturated rings. The van der Waals surface area contributed by atoms with Gasteiger partial charge in [-0.15, -0.1) is 0 Å². The number of benzene rings is 1. The maximum Gasteiger partial charge on any atom is 0.343 e. The van der Waals surface area contributed by atoms with Gasteiger partial charge in [0.2, 0.25) is 0 Å². The van der Waals surface area contributed by atoms with E-state index in [0.29, 0.717) is 11.0 Å². The summed E-state index contributed by atoms with van der Waals surface area (Å²) in [6.45, 7) is 0. The maximum atomic E-state index is 12.0. The Morgan fingerprint density at radius 2 is 2.00 bits per heavy atom. The molecule has 0 saturated heterocycles. The first-order valence-electron chi connectivity index (χ1n) is 6.70. The second-order valence-corrected chi connectivity index (χ2v) is 4.74. The van der Waals surface area contributed by atoms with Gasteiger partial charge in [-0.3, -0.25) is 0 Å². The number of hydrogen-bond donors (Lipinski definition) is 0. The molecule has 1 aromatic heterocycles. The van der Waals surface area contributed by atoms with Gasteiger partial charge in [0.15, 0.2) is 0 Å². The monoisotopic (exact) mass is 296 g/mol. The topological polar surface area (TPSA) is 77.8 Å². The lowest BCUT2D eigenvalue weighted by Gasteiger charge is -2.04. The summed E-state index contributed by atoms with van der Waals surface area (Å²) in [5, 5.41) is 18.3. The normalized spacial score (nSPS) is 12.6. The molecule has 0 aliphatic heterocycles. The van der Waals surface area contributed by atoms with Crippen LogP contribution < -0.4 is 5.63 Å². The van der Waals surface area contributed by atoms with Gasteiger partial charge in [-0.1, -0.05) is 30.1 Å². The van der Waals surface area contributed by atoms with Gasteiger partial charge in [-0.05, 0) is 35.9 Å². The molecule has 0 unspecified atom stereocenters. The molecule has 4 nitrogen and oxygen atoms in total. The average Bonchev–Trinajstić information content (AvgIpc) is 2.53. The molecule has 0 radical (unpaired) electrons. The third-order valence-corrected chi connectivity index (χ3v) is 3.25. The van der Waals surface area contributed by atoms with Crippen LogP contribution >= 0.6 is 0 Å². The summed E-state index contributed by atoms with van der Waals surface area (Å²) < 4.78 is 5.29. The molecule has 0 saturated carbocycles. The Kier molecular flexibility index (Phi) is 3.63. The third kappa shape index (κ3) is 2.81. The minimum atomic E-state index is -0.602. The van der Waals surface area contributed by atoms with Crippen molar-refractivity contribution in [3.8, 4) is 24.0 Å². The molecule has 0 atom stereocenters. The summed E-state index contributed by atoms with van der Waals surface area (Å²) in [5.41, 5.74) is 1.48. The van der Waals surface area contributed by atoms with E-state index in [2.05, 4.69) is 11.8 Å². The number of nitrogens with zero attached hydrogens (tertiary/aromatic N) is 2. The first-order valence-corrected chi connectivity index (χ1v) is 6.70. The Morgan fingerprint density at radius 3 is 2.78 bits per heavy atom. The molecular weight excluding hydrogens is 288 g/mol. The van der Waals surface area contributed by atoms with E-state index in [9.17, 15) is 4.79 Å². The van der Waals surface area contributed by atoms with E-state index in [-0.39, 0.29) is 11.1 Å². The van der Waals surface area contributed by atoms with E-state index in [1.54, 1.807) is 30.3 Å². The molecule has 4 heteroatoms. The lowest BCUT2D eigenvalue weighted by Crippen LogP contribution is -2.03. The van der Waals surface area contributed by atoms with Crippen molar-refractivity contribution in [2.75, 3.05) is 0 Å². The van der Waals surface area contributed by atoms with Crippen LogP contribution in [0.1, 0.15) is 16.7 Å². The van der Waals surface area contributed by atoms with Gasteiger partial charge in [-0.2, -0.15) is 10.5 Å². The molecule has 0 spiro atoms. The van der Waals surface area contributed by atoms with E-state index in [1.807, 2.05) is 24.3 Å². The van der Waals surface area contributed by atoms with Crippen molar-refractivity contribution in [1.29, 1.82) is 10.5 Å². The standard InChI is InChI=1S/C19H8N2O2/c20-11-13(12-21)7-17-9-16-8-14-5-3-1-2-4-6-15(14)10-18(16)23-19(17)22/h1-3,5,7-10H/b2-1-,3-1?,5-3?,14-5?. The third-order valence-electron chi connectivity index (χ3n) is 3.25. The second-order valence-electron chi connectivity index (χ2n) is 4.74. The minimum absolute atomic E-state index is 0.154. The van der Waals surface area contributed by atoms with Gasteiger partial charge in [0.25, 0.3) is 0 Å². The lowest BCUT2D eigenvalue weighted by molar-refractivity contribution is 0.559. The summed E-state index contributed by atoms with van der Waals surface area (Å²) in [4.78, 5) is 12.0. The zero-order chi connectivity index (χ0) is 16.2. The summed E-state index contributed by atoms with van der Waals surface area (Å²) in [6, 6.07) is 8.62. The Hall–Kier alpha value is -3.81. The van der Waals surface area contributed by atoms with Crippen LogP contribution in [0.5, 0.6) is 0 Å². The van der Waals surface area contributed by atoms with Crippen molar-refractivity contribution in [2.45, 2.75) is 0 Å². The van der Waals surface area contributed by atoms with Crippen molar-refractivity contribution in [2.24, 2.45) is 0 Å². The van der Waals surface area contributed by atoms with Crippen molar-refractivity contribution >= 4 is 23.1 Å². The van der Waals surface area contributed by atoms with Crippen LogP contribution in [0.25, 0.3) is 23.1 Å². The second kappa shape index (κ2) is 5.90. The Bertz CT molecular complexity index is 1090. The highest BCUT2D eigenvalue weighted by Gasteiger charge is 2.08. The maximum absolute atomic E-state index is 12.0. The molecule has 1 aliphatic carbocycles. The highest BCUT2D eigenvalue weighted by molar-refractivity contribution is 5.85. The molecular formula is C19H8N2O2. The fourth-order valence-corrected chi connectivity index (χ4v) is 2.17. The highest BCUT2D eigenvalue weighted by atomic mass is 16.4. The summed E-state index contributed by atoms with van der Waals surface area (Å²) >= 11 is 0. The SMILES string of the molecule is N#CC(C#N)=Cc1cc2cc3c(cc2oc1=O)C#C/C=C\C=C3. The van der Waals surface area contributed by atoms with Crippen molar-refractivity contribution in [1.82, 2.24) is 0 Å². The molecule has 0 bridgehead atoms. The zero-order valence-corrected chi connectivity index (χ0v) is 11.8. The Balaban J connectivity index is 2.25. The molecule has 106 valence electrons. The molecule has 1 aliphatic rings. The number of allylic oxidation sites excluding steroid dienone is 4. The minimum Gasteiger partial charge on any atom is -0.422 e. The molecule has 2 aromatic rings. The summed E-state index contributed by atoms with van der Waals surface area (Å²) in [7, 11) is 0. The van der Waals surface area contributed by atoms with Crippen LogP contribution in [0.3, 0.4) is 0 Å². The van der Waals surface area contributed by atoms with Crippen LogP contribution in [0.2, 0.25) is 0 Å². The Morgan fingerprint density at radius 1 is 1.17 bits per heavy atom. The van der Waals surface area contributed by atoms with Crippen LogP contribution in [-0.4, -0.2) is 0 Å². The molecule has 23 heavy (non-hydrogen) atoms. The fourth-order valence-electron chi connectivity index (χ4n) is 2.17. The van der Waals surface area contributed by atoms with Crippen LogP contribution in [-0.2, 0) is 0 Å². The summed E-state index contributed by atoms with van der Waals surface area (Å²) in [5.74, 6) is 5.89. The largest absolute Gasteiger partial charge is 0.422 e. The predicted octanol–water partition coefficient (Wildman–Crippen LogP) is 3.16. The van der Waals surface area contributed by atoms with Crippen LogP contribution in [0, 0.1) is 34.5 Å².